The highest BCUT2D eigenvalue weighted by atomic mass is 32.1. The lowest BCUT2D eigenvalue weighted by atomic mass is 9.95. The third-order valence-corrected chi connectivity index (χ3v) is 6.86. The van der Waals surface area contributed by atoms with Gasteiger partial charge in [0.2, 0.25) is 5.91 Å². The van der Waals surface area contributed by atoms with E-state index in [0.717, 1.165) is 47.3 Å². The predicted octanol–water partition coefficient (Wildman–Crippen LogP) is 5.65. The molecular formula is C27H27NO5S. The summed E-state index contributed by atoms with van der Waals surface area (Å²) in [5, 5.41) is 3.42. The largest absolute Gasteiger partial charge is 0.493 e. The van der Waals surface area contributed by atoms with Crippen molar-refractivity contribution in [3.8, 4) is 11.5 Å². The summed E-state index contributed by atoms with van der Waals surface area (Å²) >= 11 is 1.46. The van der Waals surface area contributed by atoms with Crippen LogP contribution in [0.15, 0.2) is 54.6 Å². The average molecular weight is 478 g/mol. The van der Waals surface area contributed by atoms with Gasteiger partial charge in [0.15, 0.2) is 11.5 Å². The van der Waals surface area contributed by atoms with Gasteiger partial charge < -0.3 is 19.5 Å². The second-order valence-electron chi connectivity index (χ2n) is 7.91. The molecule has 1 N–H and O–H groups in total. The van der Waals surface area contributed by atoms with Gasteiger partial charge in [0.05, 0.1) is 19.8 Å². The SMILES string of the molecule is COC(=O)c1c(NC(=O)C=Cc2ccc(OCc3ccccc3)c(OC)c2)sc2c1CCCC2. The molecule has 0 bridgehead atoms. The molecule has 0 spiro atoms. The number of amides is 1. The van der Waals surface area contributed by atoms with Crippen molar-refractivity contribution in [2.75, 3.05) is 19.5 Å². The summed E-state index contributed by atoms with van der Waals surface area (Å²) in [5.74, 6) is 0.485. The smallest absolute Gasteiger partial charge is 0.341 e. The molecule has 2 aromatic carbocycles. The Morgan fingerprint density at radius 3 is 2.59 bits per heavy atom. The molecule has 1 aliphatic carbocycles. The fourth-order valence-corrected chi connectivity index (χ4v) is 5.22. The minimum Gasteiger partial charge on any atom is -0.493 e. The first-order valence-electron chi connectivity index (χ1n) is 11.2. The van der Waals surface area contributed by atoms with E-state index in [2.05, 4.69) is 5.32 Å². The third kappa shape index (κ3) is 5.48. The van der Waals surface area contributed by atoms with E-state index in [1.807, 2.05) is 48.5 Å². The van der Waals surface area contributed by atoms with Crippen LogP contribution in [0.3, 0.4) is 0 Å². The number of rotatable bonds is 8. The average Bonchev–Trinajstić information content (AvgIpc) is 3.24. The summed E-state index contributed by atoms with van der Waals surface area (Å²) in [6.07, 6.45) is 7.03. The number of nitrogens with one attached hydrogen (secondary N) is 1. The topological polar surface area (TPSA) is 73.9 Å². The Bertz CT molecular complexity index is 1200. The number of carbonyl (C=O) groups excluding carboxylic acids is 2. The van der Waals surface area contributed by atoms with E-state index < -0.39 is 5.97 Å². The molecule has 0 radical (unpaired) electrons. The first-order valence-corrected chi connectivity index (χ1v) is 12.0. The van der Waals surface area contributed by atoms with E-state index in [0.29, 0.717) is 28.7 Å². The van der Waals surface area contributed by atoms with Crippen molar-refractivity contribution < 1.29 is 23.8 Å². The van der Waals surface area contributed by atoms with Gasteiger partial charge in [-0.25, -0.2) is 4.79 Å². The van der Waals surface area contributed by atoms with Crippen molar-refractivity contribution in [2.24, 2.45) is 0 Å². The molecule has 0 aliphatic heterocycles. The number of thiophene rings is 1. The maximum atomic E-state index is 12.6. The van der Waals surface area contributed by atoms with Gasteiger partial charge >= 0.3 is 5.97 Å². The van der Waals surface area contributed by atoms with E-state index in [-0.39, 0.29) is 5.91 Å². The Labute approximate surface area is 203 Å². The Morgan fingerprint density at radius 1 is 1.03 bits per heavy atom. The van der Waals surface area contributed by atoms with Crippen LogP contribution < -0.4 is 14.8 Å². The molecule has 3 aromatic rings. The van der Waals surface area contributed by atoms with Crippen LogP contribution in [0.1, 0.15) is 44.8 Å². The van der Waals surface area contributed by atoms with Crippen LogP contribution in [0.2, 0.25) is 0 Å². The molecule has 4 rings (SSSR count). The Kier molecular flexibility index (Phi) is 7.65. The minimum atomic E-state index is -0.408. The second kappa shape index (κ2) is 11.0. The zero-order valence-electron chi connectivity index (χ0n) is 19.3. The van der Waals surface area contributed by atoms with Crippen LogP contribution in [0.25, 0.3) is 6.08 Å². The van der Waals surface area contributed by atoms with Crippen LogP contribution in [-0.4, -0.2) is 26.1 Å². The standard InChI is InChI=1S/C27H27NO5S/c1-31-22-16-18(12-14-21(22)33-17-19-8-4-3-5-9-19)13-15-24(29)28-26-25(27(30)32-2)20-10-6-7-11-23(20)34-26/h3-5,8-9,12-16H,6-7,10-11,17H2,1-2H3,(H,28,29). The molecule has 176 valence electrons. The van der Waals surface area contributed by atoms with Gasteiger partial charge in [-0.3, -0.25) is 4.79 Å². The number of carbonyl (C=O) groups is 2. The first-order chi connectivity index (χ1) is 16.6. The van der Waals surface area contributed by atoms with Gasteiger partial charge in [-0.1, -0.05) is 36.4 Å². The minimum absolute atomic E-state index is 0.313. The Balaban J connectivity index is 1.45. The third-order valence-electron chi connectivity index (χ3n) is 5.65. The maximum absolute atomic E-state index is 12.6. The molecule has 7 heteroatoms. The van der Waals surface area contributed by atoms with Gasteiger partial charge in [-0.05, 0) is 60.6 Å². The van der Waals surface area contributed by atoms with Gasteiger partial charge in [0, 0.05) is 11.0 Å². The van der Waals surface area contributed by atoms with Crippen molar-refractivity contribution in [3.05, 3.63) is 81.7 Å². The fraction of sp³-hybridized carbons (Fsp3) is 0.259. The number of ether oxygens (including phenoxy) is 3. The normalized spacial score (nSPS) is 12.8. The molecule has 1 aliphatic rings. The second-order valence-corrected chi connectivity index (χ2v) is 9.02. The molecule has 0 saturated heterocycles. The molecule has 1 aromatic heterocycles. The van der Waals surface area contributed by atoms with Crippen LogP contribution in [-0.2, 0) is 29.0 Å². The Morgan fingerprint density at radius 2 is 1.82 bits per heavy atom. The van der Waals surface area contributed by atoms with Crippen molar-refractivity contribution >= 4 is 34.3 Å². The molecule has 1 heterocycles. The van der Waals surface area contributed by atoms with Gasteiger partial charge in [0.25, 0.3) is 0 Å². The molecule has 0 saturated carbocycles. The zero-order chi connectivity index (χ0) is 23.9. The van der Waals surface area contributed by atoms with Crippen molar-refractivity contribution in [3.63, 3.8) is 0 Å². The lowest BCUT2D eigenvalue weighted by molar-refractivity contribution is -0.111. The summed E-state index contributed by atoms with van der Waals surface area (Å²) in [7, 11) is 2.94. The van der Waals surface area contributed by atoms with Crippen LogP contribution in [0.5, 0.6) is 11.5 Å². The lowest BCUT2D eigenvalue weighted by Gasteiger charge is -2.11. The van der Waals surface area contributed by atoms with Crippen LogP contribution in [0.4, 0.5) is 5.00 Å². The number of hydrogen-bond donors (Lipinski definition) is 1. The quantitative estimate of drug-likeness (QED) is 0.335. The van der Waals surface area contributed by atoms with Crippen LogP contribution >= 0.6 is 11.3 Å². The van der Waals surface area contributed by atoms with Crippen molar-refractivity contribution in [2.45, 2.75) is 32.3 Å². The van der Waals surface area contributed by atoms with Crippen molar-refractivity contribution in [1.29, 1.82) is 0 Å². The first kappa shape index (κ1) is 23.6. The predicted molar refractivity (Wildman–Crippen MR) is 134 cm³/mol. The zero-order valence-corrected chi connectivity index (χ0v) is 20.1. The molecule has 0 unspecified atom stereocenters. The molecule has 0 atom stereocenters. The summed E-state index contributed by atoms with van der Waals surface area (Å²) in [5.41, 5.74) is 3.35. The summed E-state index contributed by atoms with van der Waals surface area (Å²) in [4.78, 5) is 26.2. The van der Waals surface area contributed by atoms with E-state index in [1.54, 1.807) is 13.2 Å². The Hall–Kier alpha value is -3.58. The monoisotopic (exact) mass is 477 g/mol. The molecule has 1 amide bonds. The lowest BCUT2D eigenvalue weighted by Crippen LogP contribution is -2.13. The number of anilines is 1. The van der Waals surface area contributed by atoms with E-state index >= 15 is 0 Å². The van der Waals surface area contributed by atoms with Gasteiger partial charge in [-0.2, -0.15) is 0 Å². The molecule has 0 fully saturated rings. The van der Waals surface area contributed by atoms with Gasteiger partial charge in [0.1, 0.15) is 11.6 Å². The number of benzene rings is 2. The summed E-state index contributed by atoms with van der Waals surface area (Å²) in [6.45, 7) is 0.433. The highest BCUT2D eigenvalue weighted by molar-refractivity contribution is 7.17. The van der Waals surface area contributed by atoms with E-state index in [1.165, 1.54) is 24.5 Å². The highest BCUT2D eigenvalue weighted by Gasteiger charge is 2.26. The number of methoxy groups -OCH3 is 2. The molecular weight excluding hydrogens is 450 g/mol. The number of fused-ring (bicyclic) bond motifs is 1. The van der Waals surface area contributed by atoms with Crippen LogP contribution in [0, 0.1) is 0 Å². The summed E-state index contributed by atoms with van der Waals surface area (Å²) < 4.78 is 16.3. The van der Waals surface area contributed by atoms with E-state index in [9.17, 15) is 9.59 Å². The van der Waals surface area contributed by atoms with Gasteiger partial charge in [-0.15, -0.1) is 11.3 Å². The summed E-state index contributed by atoms with van der Waals surface area (Å²) in [6, 6.07) is 15.4. The maximum Gasteiger partial charge on any atom is 0.341 e. The molecule has 6 nitrogen and oxygen atoms in total. The number of aryl methyl sites for hydroxylation is 1. The molecule has 34 heavy (non-hydrogen) atoms. The van der Waals surface area contributed by atoms with Crippen molar-refractivity contribution in [1.82, 2.24) is 0 Å². The van der Waals surface area contributed by atoms with E-state index in [4.69, 9.17) is 14.2 Å². The number of esters is 1. The highest BCUT2D eigenvalue weighted by Crippen LogP contribution is 2.38. The fourth-order valence-electron chi connectivity index (χ4n) is 3.94. The number of hydrogen-bond acceptors (Lipinski definition) is 6.